The lowest BCUT2D eigenvalue weighted by atomic mass is 10.1. The second-order valence-corrected chi connectivity index (χ2v) is 8.45. The Balaban J connectivity index is 3.34. The normalized spacial score (nSPS) is 13.7. The highest BCUT2D eigenvalue weighted by Gasteiger charge is 2.04. The summed E-state index contributed by atoms with van der Waals surface area (Å²) in [7, 11) is 3.96. The van der Waals surface area contributed by atoms with Crippen LogP contribution in [0.3, 0.4) is 0 Å². The molecule has 0 aromatic carbocycles. The first-order valence-electron chi connectivity index (χ1n) is 11.8. The highest BCUT2D eigenvalue weighted by Crippen LogP contribution is 2.11. The van der Waals surface area contributed by atoms with Gasteiger partial charge in [-0.3, -0.25) is 0 Å². The molecule has 0 radical (unpaired) electrons. The second kappa shape index (κ2) is 21.1. The van der Waals surface area contributed by atoms with Crippen molar-refractivity contribution in [2.75, 3.05) is 33.9 Å². The van der Waals surface area contributed by atoms with E-state index in [2.05, 4.69) is 32.1 Å². The summed E-state index contributed by atoms with van der Waals surface area (Å²) in [5.41, 5.74) is 1.51. The van der Waals surface area contributed by atoms with Gasteiger partial charge in [0.2, 0.25) is 0 Å². The van der Waals surface area contributed by atoms with E-state index in [1.165, 1.54) is 69.8 Å². The van der Waals surface area contributed by atoms with Gasteiger partial charge < -0.3 is 14.7 Å². The maximum absolute atomic E-state index is 9.75. The quantitative estimate of drug-likeness (QED) is 0.188. The van der Waals surface area contributed by atoms with E-state index in [1.807, 2.05) is 19.0 Å². The van der Waals surface area contributed by atoms with E-state index in [0.29, 0.717) is 13.2 Å². The first-order valence-corrected chi connectivity index (χ1v) is 11.8. The van der Waals surface area contributed by atoms with Gasteiger partial charge in [0.1, 0.15) is 0 Å². The molecule has 1 N–H and O–H groups in total. The van der Waals surface area contributed by atoms with E-state index in [9.17, 15) is 5.11 Å². The van der Waals surface area contributed by atoms with Crippen molar-refractivity contribution in [1.29, 1.82) is 0 Å². The van der Waals surface area contributed by atoms with E-state index in [4.69, 9.17) is 4.74 Å². The molecule has 28 heavy (non-hydrogen) atoms. The zero-order valence-electron chi connectivity index (χ0n) is 19.4. The third-order valence-electron chi connectivity index (χ3n) is 4.99. The Labute approximate surface area is 176 Å². The number of aliphatic hydroxyl groups is 1. The minimum absolute atomic E-state index is 0.269. The molecule has 0 saturated heterocycles. The summed E-state index contributed by atoms with van der Waals surface area (Å²) in [5, 5.41) is 9.75. The summed E-state index contributed by atoms with van der Waals surface area (Å²) in [6, 6.07) is 0. The lowest BCUT2D eigenvalue weighted by molar-refractivity contribution is 0.0674. The van der Waals surface area contributed by atoms with E-state index in [1.54, 1.807) is 0 Å². The van der Waals surface area contributed by atoms with Crippen molar-refractivity contribution in [3.63, 3.8) is 0 Å². The van der Waals surface area contributed by atoms with E-state index in [0.717, 1.165) is 25.9 Å². The van der Waals surface area contributed by atoms with Crippen molar-refractivity contribution in [2.24, 2.45) is 0 Å². The molecular formula is C25H49NO2. The van der Waals surface area contributed by atoms with Crippen molar-refractivity contribution in [1.82, 2.24) is 4.90 Å². The molecule has 0 rings (SSSR count). The van der Waals surface area contributed by atoms with Crippen LogP contribution in [0.2, 0.25) is 0 Å². The number of aliphatic hydroxyl groups excluding tert-OH is 1. The van der Waals surface area contributed by atoms with Gasteiger partial charge in [0.15, 0.2) is 0 Å². The molecule has 0 fully saturated rings. The topological polar surface area (TPSA) is 32.7 Å². The van der Waals surface area contributed by atoms with Crippen molar-refractivity contribution in [3.05, 3.63) is 23.8 Å². The molecule has 0 aliphatic heterocycles. The van der Waals surface area contributed by atoms with Gasteiger partial charge in [-0.15, -0.1) is 0 Å². The summed E-state index contributed by atoms with van der Waals surface area (Å²) in [4.78, 5) is 2.01. The van der Waals surface area contributed by atoms with Crippen LogP contribution in [0.25, 0.3) is 0 Å². The Morgan fingerprint density at radius 1 is 0.893 bits per heavy atom. The SMILES string of the molecule is CCCCC/C=C\C/C(C)=C\CCCCCCCCOCCC(O)CN(C)C. The largest absolute Gasteiger partial charge is 0.392 e. The minimum atomic E-state index is -0.269. The van der Waals surface area contributed by atoms with Gasteiger partial charge in [0.25, 0.3) is 0 Å². The number of nitrogens with zero attached hydrogens (tertiary/aromatic N) is 1. The summed E-state index contributed by atoms with van der Waals surface area (Å²) in [6.45, 7) is 6.74. The Morgan fingerprint density at radius 3 is 2.29 bits per heavy atom. The number of rotatable bonds is 20. The zero-order chi connectivity index (χ0) is 20.9. The standard InChI is InChI=1S/C25H49NO2/c1-5-6-7-8-12-15-18-24(2)19-16-13-10-9-11-14-17-21-28-22-20-25(27)23-26(3)4/h12,15,19,25,27H,5-11,13-14,16-18,20-23H2,1-4H3/b15-12-,24-19-. The van der Waals surface area contributed by atoms with Gasteiger partial charge >= 0.3 is 0 Å². The Morgan fingerprint density at radius 2 is 1.57 bits per heavy atom. The molecule has 3 heteroatoms. The molecule has 1 unspecified atom stereocenters. The predicted octanol–water partition coefficient (Wildman–Crippen LogP) is 6.52. The molecule has 1 atom stereocenters. The van der Waals surface area contributed by atoms with Crippen LogP contribution in [-0.2, 0) is 4.74 Å². The summed E-state index contributed by atoms with van der Waals surface area (Å²) in [6.07, 6.45) is 22.9. The first-order chi connectivity index (χ1) is 13.6. The fourth-order valence-electron chi connectivity index (χ4n) is 3.22. The van der Waals surface area contributed by atoms with Gasteiger partial charge in [-0.05, 0) is 66.0 Å². The Bertz CT molecular complexity index is 377. The van der Waals surface area contributed by atoms with Crippen LogP contribution in [-0.4, -0.2) is 50.0 Å². The first kappa shape index (κ1) is 27.4. The van der Waals surface area contributed by atoms with Crippen molar-refractivity contribution >= 4 is 0 Å². The fourth-order valence-corrected chi connectivity index (χ4v) is 3.22. The number of ether oxygens (including phenoxy) is 1. The molecule has 3 nitrogen and oxygen atoms in total. The molecule has 0 aliphatic carbocycles. The number of unbranched alkanes of at least 4 members (excludes halogenated alkanes) is 9. The zero-order valence-corrected chi connectivity index (χ0v) is 19.4. The van der Waals surface area contributed by atoms with Crippen LogP contribution < -0.4 is 0 Å². The molecular weight excluding hydrogens is 346 g/mol. The third kappa shape index (κ3) is 21.7. The van der Waals surface area contributed by atoms with Gasteiger partial charge in [0.05, 0.1) is 6.10 Å². The third-order valence-corrected chi connectivity index (χ3v) is 4.99. The van der Waals surface area contributed by atoms with Gasteiger partial charge in [0, 0.05) is 19.8 Å². The minimum Gasteiger partial charge on any atom is -0.392 e. The van der Waals surface area contributed by atoms with Crippen molar-refractivity contribution in [3.8, 4) is 0 Å². The van der Waals surface area contributed by atoms with Crippen molar-refractivity contribution in [2.45, 2.75) is 103 Å². The van der Waals surface area contributed by atoms with Crippen LogP contribution in [0.5, 0.6) is 0 Å². The van der Waals surface area contributed by atoms with Crippen LogP contribution in [0, 0.1) is 0 Å². The van der Waals surface area contributed by atoms with Crippen LogP contribution in [0.4, 0.5) is 0 Å². The number of hydrogen-bond donors (Lipinski definition) is 1. The fraction of sp³-hybridized carbons (Fsp3) is 0.840. The average molecular weight is 396 g/mol. The lowest BCUT2D eigenvalue weighted by Gasteiger charge is -2.15. The molecule has 0 spiro atoms. The van der Waals surface area contributed by atoms with Gasteiger partial charge in [-0.1, -0.05) is 69.2 Å². The molecule has 0 saturated carbocycles. The number of likely N-dealkylation sites (N-methyl/N-ethyl adjacent to an activating group) is 1. The van der Waals surface area contributed by atoms with Crippen molar-refractivity contribution < 1.29 is 9.84 Å². The van der Waals surface area contributed by atoms with E-state index in [-0.39, 0.29) is 6.10 Å². The summed E-state index contributed by atoms with van der Waals surface area (Å²) in [5.74, 6) is 0. The average Bonchev–Trinajstić information content (AvgIpc) is 2.64. The smallest absolute Gasteiger partial charge is 0.0688 e. The highest BCUT2D eigenvalue weighted by molar-refractivity contribution is 5.04. The highest BCUT2D eigenvalue weighted by atomic mass is 16.5. The molecule has 0 bridgehead atoms. The van der Waals surface area contributed by atoms with Crippen LogP contribution in [0.15, 0.2) is 23.8 Å². The molecule has 0 aliphatic rings. The predicted molar refractivity (Wildman–Crippen MR) is 124 cm³/mol. The Hall–Kier alpha value is -0.640. The second-order valence-electron chi connectivity index (χ2n) is 8.45. The van der Waals surface area contributed by atoms with E-state index >= 15 is 0 Å². The summed E-state index contributed by atoms with van der Waals surface area (Å²) < 4.78 is 5.63. The monoisotopic (exact) mass is 395 g/mol. The molecule has 0 heterocycles. The van der Waals surface area contributed by atoms with Crippen LogP contribution >= 0.6 is 0 Å². The summed E-state index contributed by atoms with van der Waals surface area (Å²) >= 11 is 0. The number of hydrogen-bond acceptors (Lipinski definition) is 3. The maximum atomic E-state index is 9.75. The van der Waals surface area contributed by atoms with E-state index < -0.39 is 0 Å². The maximum Gasteiger partial charge on any atom is 0.0688 e. The number of allylic oxidation sites excluding steroid dienone is 4. The van der Waals surface area contributed by atoms with Crippen LogP contribution in [0.1, 0.15) is 97.3 Å². The Kier molecular flexibility index (Phi) is 20.6. The molecule has 0 aromatic rings. The lowest BCUT2D eigenvalue weighted by Crippen LogP contribution is -2.26. The molecule has 0 amide bonds. The van der Waals surface area contributed by atoms with Gasteiger partial charge in [-0.25, -0.2) is 0 Å². The molecule has 166 valence electrons. The van der Waals surface area contributed by atoms with Gasteiger partial charge in [-0.2, -0.15) is 0 Å². The molecule has 0 aromatic heterocycles.